The zero-order valence-electron chi connectivity index (χ0n) is 11.1. The van der Waals surface area contributed by atoms with E-state index in [1.54, 1.807) is 0 Å². The smallest absolute Gasteiger partial charge is 0.415 e. The fourth-order valence-electron chi connectivity index (χ4n) is 1.57. The lowest BCUT2D eigenvalue weighted by Crippen LogP contribution is -2.33. The summed E-state index contributed by atoms with van der Waals surface area (Å²) in [5.74, 6) is -0.0263. The number of benzene rings is 1. The highest BCUT2D eigenvalue weighted by molar-refractivity contribution is 5.72. The monoisotopic (exact) mass is 268 g/mol. The highest BCUT2D eigenvalue weighted by Gasteiger charge is 2.22. The molecule has 104 valence electrons. The van der Waals surface area contributed by atoms with Gasteiger partial charge in [0.2, 0.25) is 5.75 Å². The number of rotatable bonds is 5. The Labute approximate surface area is 110 Å². The van der Waals surface area contributed by atoms with E-state index in [9.17, 15) is 14.9 Å². The Morgan fingerprint density at radius 2 is 2.00 bits per heavy atom. The fraction of sp³-hybridized carbons (Fsp3) is 0.417. The minimum Gasteiger partial charge on any atom is -0.488 e. The zero-order chi connectivity index (χ0) is 14.4. The van der Waals surface area contributed by atoms with Crippen LogP contribution in [0.2, 0.25) is 0 Å². The number of nitro groups is 1. The van der Waals surface area contributed by atoms with Crippen molar-refractivity contribution in [2.24, 2.45) is 0 Å². The quantitative estimate of drug-likeness (QED) is 0.605. The predicted octanol–water partition coefficient (Wildman–Crippen LogP) is 2.44. The molecule has 0 radical (unpaired) electrons. The van der Waals surface area contributed by atoms with Gasteiger partial charge in [-0.2, -0.15) is 0 Å². The molecular weight excluding hydrogens is 252 g/mol. The van der Waals surface area contributed by atoms with Gasteiger partial charge in [-0.1, -0.05) is 6.07 Å². The lowest BCUT2D eigenvalue weighted by Gasteiger charge is -2.18. The van der Waals surface area contributed by atoms with Gasteiger partial charge in [-0.15, -0.1) is 0 Å². The molecule has 0 aliphatic carbocycles. The number of hydrogen-bond acceptors (Lipinski definition) is 5. The van der Waals surface area contributed by atoms with Gasteiger partial charge >= 0.3 is 11.8 Å². The third-order valence-electron chi connectivity index (χ3n) is 2.58. The number of nitrogens with zero attached hydrogens (tertiary/aromatic N) is 2. The third-order valence-corrected chi connectivity index (χ3v) is 2.58. The molecule has 0 aliphatic rings. The number of methoxy groups -OCH3 is 1. The number of amides is 1. The van der Waals surface area contributed by atoms with Gasteiger partial charge in [0.05, 0.1) is 12.0 Å². The van der Waals surface area contributed by atoms with Crippen LogP contribution in [0.3, 0.4) is 0 Å². The minimum atomic E-state index is -0.590. The fourth-order valence-corrected chi connectivity index (χ4v) is 1.57. The lowest BCUT2D eigenvalue weighted by molar-refractivity contribution is -0.385. The number of para-hydroxylation sites is 1. The van der Waals surface area contributed by atoms with Crippen molar-refractivity contribution >= 4 is 11.8 Å². The van der Waals surface area contributed by atoms with Crippen LogP contribution in [0.4, 0.5) is 10.5 Å². The summed E-state index contributed by atoms with van der Waals surface area (Å²) in [5.41, 5.74) is -0.243. The maximum absolute atomic E-state index is 11.8. The predicted molar refractivity (Wildman–Crippen MR) is 68.6 cm³/mol. The molecule has 19 heavy (non-hydrogen) atoms. The van der Waals surface area contributed by atoms with Crippen molar-refractivity contribution in [1.29, 1.82) is 0 Å². The van der Waals surface area contributed by atoms with Crippen molar-refractivity contribution in [3.63, 3.8) is 0 Å². The molecule has 0 unspecified atom stereocenters. The SMILES string of the molecule is CCN(CC)C(=O)Oc1cccc([N+](=O)[O-])c1OC. The van der Waals surface area contributed by atoms with Crippen molar-refractivity contribution < 1.29 is 19.2 Å². The Hall–Kier alpha value is -2.31. The maximum atomic E-state index is 11.8. The van der Waals surface area contributed by atoms with E-state index in [0.29, 0.717) is 13.1 Å². The molecule has 0 bridgehead atoms. The first kappa shape index (κ1) is 14.7. The van der Waals surface area contributed by atoms with Crippen molar-refractivity contribution in [1.82, 2.24) is 4.90 Å². The molecule has 0 aliphatic heterocycles. The van der Waals surface area contributed by atoms with Gasteiger partial charge in [0, 0.05) is 19.2 Å². The molecule has 0 heterocycles. The molecular formula is C12H16N2O5. The van der Waals surface area contributed by atoms with E-state index in [4.69, 9.17) is 9.47 Å². The van der Waals surface area contributed by atoms with Crippen LogP contribution in [-0.4, -0.2) is 36.1 Å². The Bertz CT molecular complexity index is 471. The van der Waals surface area contributed by atoms with E-state index < -0.39 is 11.0 Å². The average molecular weight is 268 g/mol. The van der Waals surface area contributed by atoms with Crippen LogP contribution in [0, 0.1) is 10.1 Å². The first-order valence-corrected chi connectivity index (χ1v) is 5.83. The second-order valence-electron chi connectivity index (χ2n) is 3.61. The maximum Gasteiger partial charge on any atom is 0.415 e. The van der Waals surface area contributed by atoms with Gasteiger partial charge in [-0.05, 0) is 19.9 Å². The van der Waals surface area contributed by atoms with E-state index in [1.165, 1.54) is 30.2 Å². The van der Waals surface area contributed by atoms with Crippen LogP contribution < -0.4 is 9.47 Å². The van der Waals surface area contributed by atoms with Gasteiger partial charge in [-0.25, -0.2) is 4.79 Å². The molecule has 7 nitrogen and oxygen atoms in total. The molecule has 0 fully saturated rings. The van der Waals surface area contributed by atoms with Gasteiger partial charge in [0.25, 0.3) is 0 Å². The van der Waals surface area contributed by atoms with Crippen molar-refractivity contribution in [3.05, 3.63) is 28.3 Å². The second-order valence-corrected chi connectivity index (χ2v) is 3.61. The van der Waals surface area contributed by atoms with Gasteiger partial charge in [-0.3, -0.25) is 10.1 Å². The van der Waals surface area contributed by atoms with Gasteiger partial charge in [0.15, 0.2) is 5.75 Å². The Morgan fingerprint density at radius 3 is 2.47 bits per heavy atom. The molecule has 1 aromatic carbocycles. The molecule has 0 saturated carbocycles. The van der Waals surface area contributed by atoms with Crippen LogP contribution in [0.25, 0.3) is 0 Å². The van der Waals surface area contributed by atoms with Crippen LogP contribution in [-0.2, 0) is 0 Å². The summed E-state index contributed by atoms with van der Waals surface area (Å²) in [4.78, 5) is 23.5. The average Bonchev–Trinajstić information content (AvgIpc) is 2.39. The summed E-state index contributed by atoms with van der Waals surface area (Å²) in [7, 11) is 1.29. The Balaban J connectivity index is 3.04. The van der Waals surface area contributed by atoms with E-state index in [2.05, 4.69) is 0 Å². The second kappa shape index (κ2) is 6.58. The molecule has 0 aromatic heterocycles. The van der Waals surface area contributed by atoms with Crippen LogP contribution >= 0.6 is 0 Å². The Morgan fingerprint density at radius 1 is 1.37 bits per heavy atom. The third kappa shape index (κ3) is 3.34. The van der Waals surface area contributed by atoms with Crippen molar-refractivity contribution in [2.75, 3.05) is 20.2 Å². The number of hydrogen-bond donors (Lipinski definition) is 0. The highest BCUT2D eigenvalue weighted by Crippen LogP contribution is 2.36. The Kier molecular flexibility index (Phi) is 5.11. The summed E-state index contributed by atoms with van der Waals surface area (Å²) in [6.07, 6.45) is -0.566. The summed E-state index contributed by atoms with van der Waals surface area (Å²) in [6.45, 7) is 4.62. The van der Waals surface area contributed by atoms with Crippen LogP contribution in [0.5, 0.6) is 11.5 Å². The van der Waals surface area contributed by atoms with Crippen molar-refractivity contribution in [3.8, 4) is 11.5 Å². The summed E-state index contributed by atoms with van der Waals surface area (Å²) < 4.78 is 10.1. The molecule has 0 spiro atoms. The van der Waals surface area contributed by atoms with E-state index >= 15 is 0 Å². The van der Waals surface area contributed by atoms with Crippen molar-refractivity contribution in [2.45, 2.75) is 13.8 Å². The molecule has 1 aromatic rings. The summed E-state index contributed by atoms with van der Waals surface area (Å²) in [6, 6.07) is 4.17. The highest BCUT2D eigenvalue weighted by atomic mass is 16.6. The number of ether oxygens (including phenoxy) is 2. The first-order chi connectivity index (χ1) is 9.04. The lowest BCUT2D eigenvalue weighted by atomic mass is 10.3. The molecule has 0 saturated heterocycles. The normalized spacial score (nSPS) is 9.84. The molecule has 7 heteroatoms. The standard InChI is InChI=1S/C12H16N2O5/c1-4-13(5-2)12(15)19-10-8-6-7-9(14(16)17)11(10)18-3/h6-8H,4-5H2,1-3H3. The van der Waals surface area contributed by atoms with Crippen LogP contribution in [0.15, 0.2) is 18.2 Å². The number of carbonyl (C=O) groups excluding carboxylic acids is 1. The molecule has 1 rings (SSSR count). The largest absolute Gasteiger partial charge is 0.488 e. The number of nitro benzene ring substituents is 1. The molecule has 1 amide bonds. The molecule has 0 N–H and O–H groups in total. The number of carbonyl (C=O) groups is 1. The van der Waals surface area contributed by atoms with Gasteiger partial charge in [0.1, 0.15) is 0 Å². The summed E-state index contributed by atoms with van der Waals surface area (Å²) >= 11 is 0. The first-order valence-electron chi connectivity index (χ1n) is 5.83. The molecule has 0 atom stereocenters. The van der Waals surface area contributed by atoms with Gasteiger partial charge < -0.3 is 14.4 Å². The summed E-state index contributed by atoms with van der Waals surface area (Å²) in [5, 5.41) is 10.8. The van der Waals surface area contributed by atoms with E-state index in [0.717, 1.165) is 0 Å². The van der Waals surface area contributed by atoms with Crippen LogP contribution in [0.1, 0.15) is 13.8 Å². The van der Waals surface area contributed by atoms with E-state index in [-0.39, 0.29) is 17.2 Å². The topological polar surface area (TPSA) is 81.9 Å². The minimum absolute atomic E-state index is 0.0357. The zero-order valence-corrected chi connectivity index (χ0v) is 11.1. The van der Waals surface area contributed by atoms with E-state index in [1.807, 2.05) is 13.8 Å².